The van der Waals surface area contributed by atoms with E-state index in [4.69, 9.17) is 0 Å². The summed E-state index contributed by atoms with van der Waals surface area (Å²) in [6.07, 6.45) is -1.35. The van der Waals surface area contributed by atoms with Crippen LogP contribution in [-0.4, -0.2) is 70.9 Å². The molecule has 176 valence electrons. The number of benzene rings is 2. The zero-order valence-electron chi connectivity index (χ0n) is 18.0. The van der Waals surface area contributed by atoms with Gasteiger partial charge in [0.1, 0.15) is 11.6 Å². The molecule has 0 spiro atoms. The van der Waals surface area contributed by atoms with Crippen LogP contribution in [0.2, 0.25) is 0 Å². The number of hydrogen-bond acceptors (Lipinski definition) is 6. The van der Waals surface area contributed by atoms with Gasteiger partial charge in [0.2, 0.25) is 11.6 Å². The van der Waals surface area contributed by atoms with Crippen molar-refractivity contribution < 1.29 is 37.5 Å². The Balaban J connectivity index is 1.48. The number of carbonyl (C=O) groups is 6. The maximum absolute atomic E-state index is 13.0. The number of Topliss-reactive ketones (excluding diaryl/α,β-unsaturated/α-hetero) is 4. The van der Waals surface area contributed by atoms with Gasteiger partial charge in [0.25, 0.3) is 11.8 Å². The molecule has 0 aliphatic carbocycles. The first-order valence-electron chi connectivity index (χ1n) is 10.4. The van der Waals surface area contributed by atoms with Gasteiger partial charge >= 0.3 is 0 Å². The van der Waals surface area contributed by atoms with E-state index in [1.165, 1.54) is 34.1 Å². The maximum Gasteiger partial charge on any atom is 0.290 e. The largest absolute Gasteiger partial charge is 0.333 e. The summed E-state index contributed by atoms with van der Waals surface area (Å²) in [5.41, 5.74) is 0.207. The Morgan fingerprint density at radius 1 is 0.559 bits per heavy atom. The van der Waals surface area contributed by atoms with Crippen LogP contribution in [0.5, 0.6) is 0 Å². The van der Waals surface area contributed by atoms with Gasteiger partial charge in [-0.3, -0.25) is 28.8 Å². The Morgan fingerprint density at radius 2 is 0.853 bits per heavy atom. The zero-order chi connectivity index (χ0) is 24.8. The van der Waals surface area contributed by atoms with Crippen LogP contribution in [0, 0.1) is 11.6 Å². The van der Waals surface area contributed by atoms with Gasteiger partial charge in [-0.15, -0.1) is 0 Å². The second-order valence-electron chi connectivity index (χ2n) is 7.64. The average molecular weight is 470 g/mol. The second kappa shape index (κ2) is 10.7. The number of halogens is 2. The number of rotatable bonds is 8. The topological polar surface area (TPSA) is 109 Å². The molecule has 34 heavy (non-hydrogen) atoms. The molecular formula is C24H20F2N2O6. The van der Waals surface area contributed by atoms with E-state index in [2.05, 4.69) is 0 Å². The van der Waals surface area contributed by atoms with Crippen LogP contribution >= 0.6 is 0 Å². The monoisotopic (exact) mass is 470 g/mol. The molecule has 3 rings (SSSR count). The number of hydrogen-bond donors (Lipinski definition) is 0. The summed E-state index contributed by atoms with van der Waals surface area (Å²) in [5.74, 6) is -5.97. The predicted octanol–water partition coefficient (Wildman–Crippen LogP) is 1.62. The molecule has 1 aliphatic heterocycles. The van der Waals surface area contributed by atoms with Gasteiger partial charge in [-0.25, -0.2) is 8.78 Å². The number of piperazine rings is 1. The van der Waals surface area contributed by atoms with Crippen LogP contribution < -0.4 is 0 Å². The highest BCUT2D eigenvalue weighted by Gasteiger charge is 2.31. The molecule has 1 aliphatic rings. The van der Waals surface area contributed by atoms with Gasteiger partial charge < -0.3 is 9.80 Å². The molecule has 0 radical (unpaired) electrons. The third kappa shape index (κ3) is 6.03. The molecular weight excluding hydrogens is 450 g/mol. The third-order valence-corrected chi connectivity index (χ3v) is 5.31. The summed E-state index contributed by atoms with van der Waals surface area (Å²) in [6, 6.07) is 9.17. The second-order valence-corrected chi connectivity index (χ2v) is 7.64. The molecule has 0 unspecified atom stereocenters. The molecule has 2 aromatic rings. The van der Waals surface area contributed by atoms with Crippen molar-refractivity contribution in [3.8, 4) is 0 Å². The van der Waals surface area contributed by atoms with E-state index in [0.29, 0.717) is 0 Å². The molecule has 0 aromatic heterocycles. The van der Waals surface area contributed by atoms with Gasteiger partial charge in [-0.1, -0.05) is 0 Å². The SMILES string of the molecule is O=C(CC(=O)c1ccc(F)cc1)C(=O)N1CCN(C(=O)C(=O)CC(=O)c2ccc(F)cc2)CC1. The van der Waals surface area contributed by atoms with E-state index in [1.807, 2.05) is 0 Å². The first-order valence-corrected chi connectivity index (χ1v) is 10.4. The van der Waals surface area contributed by atoms with Gasteiger partial charge in [0.15, 0.2) is 11.6 Å². The van der Waals surface area contributed by atoms with Crippen molar-refractivity contribution in [2.24, 2.45) is 0 Å². The van der Waals surface area contributed by atoms with Gasteiger partial charge in [-0.2, -0.15) is 0 Å². The predicted molar refractivity (Wildman–Crippen MR) is 114 cm³/mol. The minimum Gasteiger partial charge on any atom is -0.333 e. The molecule has 1 heterocycles. The van der Waals surface area contributed by atoms with Crippen LogP contribution in [0.25, 0.3) is 0 Å². The van der Waals surface area contributed by atoms with Crippen molar-refractivity contribution in [2.75, 3.05) is 26.2 Å². The lowest BCUT2D eigenvalue weighted by atomic mass is 10.0. The molecule has 10 heteroatoms. The normalized spacial score (nSPS) is 13.4. The first-order chi connectivity index (χ1) is 16.2. The fraction of sp³-hybridized carbons (Fsp3) is 0.250. The van der Waals surface area contributed by atoms with E-state index in [-0.39, 0.29) is 37.3 Å². The Morgan fingerprint density at radius 3 is 1.15 bits per heavy atom. The van der Waals surface area contributed by atoms with Crippen molar-refractivity contribution in [3.05, 3.63) is 71.3 Å². The van der Waals surface area contributed by atoms with E-state index in [9.17, 15) is 37.5 Å². The van der Waals surface area contributed by atoms with Crippen LogP contribution in [0.4, 0.5) is 8.78 Å². The number of carbonyl (C=O) groups excluding carboxylic acids is 6. The Hall–Kier alpha value is -4.08. The summed E-state index contributed by atoms with van der Waals surface area (Å²) in [6.45, 7) is -0.110. The van der Waals surface area contributed by atoms with E-state index >= 15 is 0 Å². The van der Waals surface area contributed by atoms with Gasteiger partial charge in [0.05, 0.1) is 12.8 Å². The van der Waals surface area contributed by atoms with Gasteiger partial charge in [-0.05, 0) is 48.5 Å². The van der Waals surface area contributed by atoms with Crippen molar-refractivity contribution in [2.45, 2.75) is 12.8 Å². The minimum absolute atomic E-state index is 0.0275. The fourth-order valence-electron chi connectivity index (χ4n) is 3.38. The highest BCUT2D eigenvalue weighted by molar-refractivity contribution is 6.41. The number of ketones is 4. The number of nitrogens with zero attached hydrogens (tertiary/aromatic N) is 2. The van der Waals surface area contributed by atoms with Crippen molar-refractivity contribution in [1.29, 1.82) is 0 Å². The lowest BCUT2D eigenvalue weighted by molar-refractivity contribution is -0.149. The molecule has 2 amide bonds. The first kappa shape index (κ1) is 24.6. The van der Waals surface area contributed by atoms with E-state index in [0.717, 1.165) is 24.3 Å². The van der Waals surface area contributed by atoms with Crippen LogP contribution in [0.1, 0.15) is 33.6 Å². The molecule has 8 nitrogen and oxygen atoms in total. The summed E-state index contributed by atoms with van der Waals surface area (Å²) >= 11 is 0. The molecule has 2 aromatic carbocycles. The molecule has 0 N–H and O–H groups in total. The van der Waals surface area contributed by atoms with Crippen LogP contribution in [0.3, 0.4) is 0 Å². The summed E-state index contributed by atoms with van der Waals surface area (Å²) in [7, 11) is 0. The fourth-order valence-corrected chi connectivity index (χ4v) is 3.38. The molecule has 0 bridgehead atoms. The molecule has 0 atom stereocenters. The molecule has 1 saturated heterocycles. The van der Waals surface area contributed by atoms with Gasteiger partial charge in [0, 0.05) is 37.3 Å². The maximum atomic E-state index is 13.0. The summed E-state index contributed by atoms with van der Waals surface area (Å²) in [5, 5.41) is 0. The third-order valence-electron chi connectivity index (χ3n) is 5.31. The van der Waals surface area contributed by atoms with Crippen molar-refractivity contribution >= 4 is 34.9 Å². The lowest BCUT2D eigenvalue weighted by Gasteiger charge is -2.34. The van der Waals surface area contributed by atoms with Crippen molar-refractivity contribution in [3.63, 3.8) is 0 Å². The number of amides is 2. The Kier molecular flexibility index (Phi) is 7.72. The standard InChI is InChI=1S/C24H20F2N2O6/c25-17-5-1-15(2-6-17)19(29)13-21(31)23(33)27-9-11-28(12-10-27)24(34)22(32)14-20(30)16-3-7-18(26)8-4-16/h1-8H,9-14H2. The van der Waals surface area contributed by atoms with E-state index in [1.54, 1.807) is 0 Å². The van der Waals surface area contributed by atoms with Crippen LogP contribution in [-0.2, 0) is 19.2 Å². The Labute approximate surface area is 193 Å². The quantitative estimate of drug-likeness (QED) is 0.330. The Bertz CT molecular complexity index is 1050. The van der Waals surface area contributed by atoms with E-state index < -0.39 is 59.4 Å². The van der Waals surface area contributed by atoms with Crippen molar-refractivity contribution in [1.82, 2.24) is 9.80 Å². The molecule has 1 fully saturated rings. The zero-order valence-corrected chi connectivity index (χ0v) is 18.0. The van der Waals surface area contributed by atoms with Crippen LogP contribution in [0.15, 0.2) is 48.5 Å². The summed E-state index contributed by atoms with van der Waals surface area (Å²) < 4.78 is 25.9. The smallest absolute Gasteiger partial charge is 0.290 e. The summed E-state index contributed by atoms with van der Waals surface area (Å²) in [4.78, 5) is 75.8. The highest BCUT2D eigenvalue weighted by atomic mass is 19.1. The molecule has 0 saturated carbocycles. The minimum atomic E-state index is -0.935. The average Bonchev–Trinajstić information content (AvgIpc) is 2.83. The lowest BCUT2D eigenvalue weighted by Crippen LogP contribution is -2.53. The highest BCUT2D eigenvalue weighted by Crippen LogP contribution is 2.11.